The highest BCUT2D eigenvalue weighted by Crippen LogP contribution is 2.40. The molecule has 7 nitrogen and oxygen atoms in total. The lowest BCUT2D eigenvalue weighted by Gasteiger charge is -2.29. The summed E-state index contributed by atoms with van der Waals surface area (Å²) in [5.74, 6) is -0.226. The number of ether oxygens (including phenoxy) is 2. The van der Waals surface area contributed by atoms with Crippen molar-refractivity contribution in [1.29, 1.82) is 0 Å². The molecule has 2 heterocycles. The number of carbonyl (C=O) groups excluding carboxylic acids is 2. The second-order valence-electron chi connectivity index (χ2n) is 10.6. The molecule has 2 saturated heterocycles. The molecular weight excluding hydrogens is 480 g/mol. The molecule has 1 atom stereocenters. The average molecular weight is 521 g/mol. The van der Waals surface area contributed by atoms with Crippen LogP contribution in [0.3, 0.4) is 0 Å². The van der Waals surface area contributed by atoms with Crippen molar-refractivity contribution >= 4 is 17.4 Å². The van der Waals surface area contributed by atoms with Crippen LogP contribution in [0.2, 0.25) is 0 Å². The van der Waals surface area contributed by atoms with Gasteiger partial charge in [0.15, 0.2) is 0 Å². The quantitative estimate of drug-likeness (QED) is 0.277. The van der Waals surface area contributed by atoms with Crippen LogP contribution in [0, 0.1) is 12.8 Å². The Hall–Kier alpha value is -3.16. The van der Waals surface area contributed by atoms with Gasteiger partial charge in [-0.05, 0) is 60.6 Å². The molecule has 1 amide bonds. The van der Waals surface area contributed by atoms with E-state index in [0.717, 1.165) is 62.6 Å². The maximum atomic E-state index is 13.4. The van der Waals surface area contributed by atoms with E-state index in [4.69, 9.17) is 9.47 Å². The van der Waals surface area contributed by atoms with Crippen LogP contribution in [0.1, 0.15) is 55.5 Å². The van der Waals surface area contributed by atoms with E-state index < -0.39 is 17.7 Å². The largest absolute Gasteiger partial charge is 0.507 e. The summed E-state index contributed by atoms with van der Waals surface area (Å²) in [6, 6.07) is 12.7. The zero-order valence-corrected chi connectivity index (χ0v) is 23.0. The lowest BCUT2D eigenvalue weighted by molar-refractivity contribution is -0.140. The monoisotopic (exact) mass is 520 g/mol. The van der Waals surface area contributed by atoms with Gasteiger partial charge >= 0.3 is 0 Å². The van der Waals surface area contributed by atoms with Gasteiger partial charge in [-0.2, -0.15) is 0 Å². The molecule has 204 valence electrons. The molecule has 4 rings (SSSR count). The zero-order valence-electron chi connectivity index (χ0n) is 23.0. The van der Waals surface area contributed by atoms with Gasteiger partial charge in [0.2, 0.25) is 0 Å². The molecule has 1 unspecified atom stereocenters. The third-order valence-electron chi connectivity index (χ3n) is 7.24. The highest BCUT2D eigenvalue weighted by atomic mass is 16.5. The lowest BCUT2D eigenvalue weighted by Crippen LogP contribution is -2.38. The first kappa shape index (κ1) is 27.9. The third kappa shape index (κ3) is 6.27. The lowest BCUT2D eigenvalue weighted by atomic mass is 9.94. The molecule has 38 heavy (non-hydrogen) atoms. The molecule has 0 saturated carbocycles. The van der Waals surface area contributed by atoms with Gasteiger partial charge in [0.25, 0.3) is 11.7 Å². The van der Waals surface area contributed by atoms with Crippen LogP contribution in [-0.2, 0) is 20.7 Å². The molecule has 7 heteroatoms. The molecule has 2 aromatic rings. The number of Topliss-reactive ketones (excluding diaryl/α,β-unsaturated/α-hetero) is 1. The Balaban J connectivity index is 1.66. The molecule has 2 fully saturated rings. The number of rotatable bonds is 10. The molecule has 2 aliphatic heterocycles. The van der Waals surface area contributed by atoms with Crippen molar-refractivity contribution in [2.24, 2.45) is 5.92 Å². The molecule has 2 aliphatic rings. The summed E-state index contributed by atoms with van der Waals surface area (Å²) >= 11 is 0. The molecule has 0 aliphatic carbocycles. The summed E-state index contributed by atoms with van der Waals surface area (Å²) in [7, 11) is 0. The summed E-state index contributed by atoms with van der Waals surface area (Å²) in [5, 5.41) is 11.4. The highest BCUT2D eigenvalue weighted by Gasteiger charge is 2.45. The first-order chi connectivity index (χ1) is 18.3. The van der Waals surface area contributed by atoms with E-state index in [0.29, 0.717) is 24.6 Å². The van der Waals surface area contributed by atoms with E-state index in [2.05, 4.69) is 25.7 Å². The van der Waals surface area contributed by atoms with Crippen molar-refractivity contribution in [3.05, 3.63) is 70.3 Å². The van der Waals surface area contributed by atoms with E-state index in [1.807, 2.05) is 43.3 Å². The standard InChI is InChI=1S/C31H40N2O5/c1-5-23-7-9-24(10-8-23)28-27(29(34)25-11-12-26(22(4)19-25)38-20-21(2)3)30(35)31(36)33(28)14-6-13-32-15-17-37-18-16-32/h7-12,19,21,28,34H,5-6,13-18,20H2,1-4H3/b29-27-. The van der Waals surface area contributed by atoms with Gasteiger partial charge in [-0.1, -0.05) is 45.0 Å². The first-order valence-corrected chi connectivity index (χ1v) is 13.7. The summed E-state index contributed by atoms with van der Waals surface area (Å²) in [5.41, 5.74) is 3.49. The van der Waals surface area contributed by atoms with Crippen molar-refractivity contribution in [2.75, 3.05) is 46.0 Å². The number of aliphatic hydroxyl groups excluding tert-OH is 1. The van der Waals surface area contributed by atoms with Crippen LogP contribution in [0.15, 0.2) is 48.0 Å². The Morgan fingerprint density at radius 1 is 1.08 bits per heavy atom. The minimum Gasteiger partial charge on any atom is -0.507 e. The second-order valence-corrected chi connectivity index (χ2v) is 10.6. The van der Waals surface area contributed by atoms with Crippen molar-refractivity contribution in [1.82, 2.24) is 9.80 Å². The molecule has 0 bridgehead atoms. The SMILES string of the molecule is CCc1ccc(C2/C(=C(/O)c3ccc(OCC(C)C)c(C)c3)C(=O)C(=O)N2CCCN2CCOCC2)cc1. The van der Waals surface area contributed by atoms with Crippen LogP contribution < -0.4 is 4.74 Å². The maximum absolute atomic E-state index is 13.4. The van der Waals surface area contributed by atoms with Crippen molar-refractivity contribution in [3.63, 3.8) is 0 Å². The number of aliphatic hydroxyl groups is 1. The number of amides is 1. The Morgan fingerprint density at radius 3 is 2.42 bits per heavy atom. The number of aryl methyl sites for hydroxylation is 2. The summed E-state index contributed by atoms with van der Waals surface area (Å²) in [6.45, 7) is 13.2. The van der Waals surface area contributed by atoms with Gasteiger partial charge in [0, 0.05) is 31.7 Å². The number of morpholine rings is 1. The van der Waals surface area contributed by atoms with E-state index >= 15 is 0 Å². The van der Waals surface area contributed by atoms with Gasteiger partial charge in [-0.25, -0.2) is 0 Å². The Labute approximate surface area is 226 Å². The van der Waals surface area contributed by atoms with Crippen LogP contribution >= 0.6 is 0 Å². The van der Waals surface area contributed by atoms with Gasteiger partial charge in [0.1, 0.15) is 11.5 Å². The summed E-state index contributed by atoms with van der Waals surface area (Å²) < 4.78 is 11.3. The molecule has 1 N–H and O–H groups in total. The van der Waals surface area contributed by atoms with Crippen molar-refractivity contribution in [3.8, 4) is 5.75 Å². The van der Waals surface area contributed by atoms with Crippen LogP contribution in [0.4, 0.5) is 0 Å². The number of likely N-dealkylation sites (tertiary alicyclic amines) is 1. The normalized spacial score (nSPS) is 19.9. The number of ketones is 1. The number of hydrogen-bond acceptors (Lipinski definition) is 6. The number of benzene rings is 2. The Morgan fingerprint density at radius 2 is 1.79 bits per heavy atom. The Bertz CT molecular complexity index is 1170. The molecule has 2 aromatic carbocycles. The molecule has 0 aromatic heterocycles. The Kier molecular flexibility index (Phi) is 9.23. The summed E-state index contributed by atoms with van der Waals surface area (Å²) in [6.07, 6.45) is 1.63. The topological polar surface area (TPSA) is 79.3 Å². The van der Waals surface area contributed by atoms with E-state index in [9.17, 15) is 14.7 Å². The third-order valence-corrected chi connectivity index (χ3v) is 7.24. The summed E-state index contributed by atoms with van der Waals surface area (Å²) in [4.78, 5) is 30.6. The van der Waals surface area contributed by atoms with Crippen LogP contribution in [0.5, 0.6) is 5.75 Å². The molecule has 0 spiro atoms. The van der Waals surface area contributed by atoms with Crippen molar-refractivity contribution < 1.29 is 24.2 Å². The molecule has 0 radical (unpaired) electrons. The van der Waals surface area contributed by atoms with Crippen LogP contribution in [-0.4, -0.2) is 72.6 Å². The first-order valence-electron chi connectivity index (χ1n) is 13.7. The average Bonchev–Trinajstić information content (AvgIpc) is 3.17. The minimum atomic E-state index is -0.642. The second kappa shape index (κ2) is 12.6. The van der Waals surface area contributed by atoms with Gasteiger partial charge in [-0.15, -0.1) is 0 Å². The number of nitrogens with zero attached hydrogens (tertiary/aromatic N) is 2. The number of hydrogen-bond donors (Lipinski definition) is 1. The fourth-order valence-corrected chi connectivity index (χ4v) is 5.05. The zero-order chi connectivity index (χ0) is 27.2. The predicted octanol–water partition coefficient (Wildman–Crippen LogP) is 4.74. The van der Waals surface area contributed by atoms with Gasteiger partial charge < -0.3 is 19.5 Å². The number of carbonyl (C=O) groups is 2. The van der Waals surface area contributed by atoms with Gasteiger partial charge in [-0.3, -0.25) is 14.5 Å². The minimum absolute atomic E-state index is 0.140. The van der Waals surface area contributed by atoms with E-state index in [1.54, 1.807) is 11.0 Å². The maximum Gasteiger partial charge on any atom is 0.295 e. The highest BCUT2D eigenvalue weighted by molar-refractivity contribution is 6.46. The van der Waals surface area contributed by atoms with Gasteiger partial charge in [0.05, 0.1) is 31.4 Å². The predicted molar refractivity (Wildman–Crippen MR) is 148 cm³/mol. The molecular formula is C31H40N2O5. The van der Waals surface area contributed by atoms with E-state index in [-0.39, 0.29) is 11.3 Å². The van der Waals surface area contributed by atoms with Crippen LogP contribution in [0.25, 0.3) is 5.76 Å². The fraction of sp³-hybridized carbons (Fsp3) is 0.484. The van der Waals surface area contributed by atoms with Crippen molar-refractivity contribution in [2.45, 2.75) is 46.6 Å². The van der Waals surface area contributed by atoms with E-state index in [1.165, 1.54) is 5.56 Å². The fourth-order valence-electron chi connectivity index (χ4n) is 5.05. The smallest absolute Gasteiger partial charge is 0.295 e.